The Balaban J connectivity index is 2.09. The number of nitrogens with one attached hydrogen (secondary N) is 1. The molecule has 1 unspecified atom stereocenters. The van der Waals surface area contributed by atoms with Crippen LogP contribution in [0.25, 0.3) is 11.0 Å². The van der Waals surface area contributed by atoms with Crippen LogP contribution in [0.1, 0.15) is 30.2 Å². The molecule has 1 N–H and O–H groups in total. The topological polar surface area (TPSA) is 25.2 Å². The smallest absolute Gasteiger partial charge is 0.137 e. The van der Waals surface area contributed by atoms with Gasteiger partial charge in [-0.1, -0.05) is 11.6 Å². The molecule has 17 heavy (non-hydrogen) atoms. The third kappa shape index (κ3) is 1.96. The minimum absolute atomic E-state index is 0.348. The molecule has 1 aliphatic carbocycles. The number of rotatable bonds is 3. The van der Waals surface area contributed by atoms with Gasteiger partial charge in [0.05, 0.1) is 6.04 Å². The summed E-state index contributed by atoms with van der Waals surface area (Å²) in [5.74, 6) is 1.77. The average molecular weight is 250 g/mol. The van der Waals surface area contributed by atoms with Gasteiger partial charge in [0.2, 0.25) is 0 Å². The summed E-state index contributed by atoms with van der Waals surface area (Å²) in [6.45, 7) is 2.03. The zero-order valence-electron chi connectivity index (χ0n) is 10.1. The van der Waals surface area contributed by atoms with Crippen LogP contribution < -0.4 is 5.32 Å². The number of halogens is 1. The van der Waals surface area contributed by atoms with E-state index in [4.69, 9.17) is 16.0 Å². The van der Waals surface area contributed by atoms with Gasteiger partial charge in [-0.2, -0.15) is 0 Å². The lowest BCUT2D eigenvalue weighted by Gasteiger charge is -2.11. The van der Waals surface area contributed by atoms with Crippen molar-refractivity contribution < 1.29 is 4.42 Å². The summed E-state index contributed by atoms with van der Waals surface area (Å²) >= 11 is 6.06. The Morgan fingerprint density at radius 3 is 2.76 bits per heavy atom. The maximum Gasteiger partial charge on any atom is 0.137 e. The van der Waals surface area contributed by atoms with E-state index in [1.807, 2.05) is 26.1 Å². The van der Waals surface area contributed by atoms with Gasteiger partial charge < -0.3 is 9.73 Å². The van der Waals surface area contributed by atoms with Crippen LogP contribution >= 0.6 is 11.6 Å². The molecular weight excluding hydrogens is 234 g/mol. The number of aryl methyl sites for hydroxylation is 1. The molecule has 0 radical (unpaired) electrons. The standard InChI is InChI=1S/C14H16ClNO/c1-8-5-11(15)6-10-7-12(17-14(8)10)13(16-2)9-3-4-9/h5-7,9,13,16H,3-4H2,1-2H3. The van der Waals surface area contributed by atoms with Crippen LogP contribution in [0.15, 0.2) is 22.6 Å². The first-order valence-electron chi connectivity index (χ1n) is 6.06. The number of benzene rings is 1. The Labute approximate surface area is 106 Å². The van der Waals surface area contributed by atoms with Crippen LogP contribution in [-0.2, 0) is 0 Å². The Bertz CT molecular complexity index is 557. The monoisotopic (exact) mass is 249 g/mol. The third-order valence-electron chi connectivity index (χ3n) is 3.50. The molecule has 0 amide bonds. The van der Waals surface area contributed by atoms with Gasteiger partial charge in [0.15, 0.2) is 0 Å². The second-order valence-electron chi connectivity index (χ2n) is 4.89. The lowest BCUT2D eigenvalue weighted by atomic mass is 10.1. The molecule has 1 fully saturated rings. The normalized spacial score (nSPS) is 17.6. The van der Waals surface area contributed by atoms with Gasteiger partial charge in [-0.3, -0.25) is 0 Å². The van der Waals surface area contributed by atoms with Crippen molar-refractivity contribution in [3.63, 3.8) is 0 Å². The van der Waals surface area contributed by atoms with Gasteiger partial charge >= 0.3 is 0 Å². The maximum atomic E-state index is 6.06. The Kier molecular flexibility index (Phi) is 2.64. The van der Waals surface area contributed by atoms with E-state index >= 15 is 0 Å². The first-order valence-corrected chi connectivity index (χ1v) is 6.43. The first kappa shape index (κ1) is 11.1. The van der Waals surface area contributed by atoms with Crippen LogP contribution in [0.3, 0.4) is 0 Å². The fourth-order valence-electron chi connectivity index (χ4n) is 2.50. The van der Waals surface area contributed by atoms with Gasteiger partial charge in [0, 0.05) is 10.4 Å². The first-order chi connectivity index (χ1) is 8.19. The molecule has 3 heteroatoms. The summed E-state index contributed by atoms with van der Waals surface area (Å²) in [6.07, 6.45) is 2.59. The van der Waals surface area contributed by atoms with Gasteiger partial charge in [-0.15, -0.1) is 0 Å². The second kappa shape index (κ2) is 4.04. The van der Waals surface area contributed by atoms with Crippen molar-refractivity contribution in [1.82, 2.24) is 5.32 Å². The quantitative estimate of drug-likeness (QED) is 0.887. The van der Waals surface area contributed by atoms with Gasteiger partial charge in [0.25, 0.3) is 0 Å². The molecule has 0 saturated heterocycles. The molecule has 1 aromatic heterocycles. The lowest BCUT2D eigenvalue weighted by molar-refractivity contribution is 0.419. The molecule has 2 nitrogen and oxygen atoms in total. The van der Waals surface area contributed by atoms with Crippen LogP contribution in [0.2, 0.25) is 5.02 Å². The van der Waals surface area contributed by atoms with Crippen molar-refractivity contribution in [3.8, 4) is 0 Å². The zero-order valence-corrected chi connectivity index (χ0v) is 10.8. The highest BCUT2D eigenvalue weighted by atomic mass is 35.5. The van der Waals surface area contributed by atoms with Crippen LogP contribution in [0.4, 0.5) is 0 Å². The number of furan rings is 1. The predicted octanol–water partition coefficient (Wildman–Crippen LogP) is 4.07. The molecule has 90 valence electrons. The SMILES string of the molecule is CNC(c1cc2cc(Cl)cc(C)c2o1)C1CC1. The molecule has 3 rings (SSSR count). The maximum absolute atomic E-state index is 6.06. The van der Waals surface area contributed by atoms with Gasteiger partial charge in [0.1, 0.15) is 11.3 Å². The van der Waals surface area contributed by atoms with Crippen molar-refractivity contribution in [2.24, 2.45) is 5.92 Å². The average Bonchev–Trinajstić information content (AvgIpc) is 3.00. The molecule has 0 aliphatic heterocycles. The fraction of sp³-hybridized carbons (Fsp3) is 0.429. The molecule has 2 aromatic rings. The molecule has 0 bridgehead atoms. The largest absolute Gasteiger partial charge is 0.459 e. The van der Waals surface area contributed by atoms with Crippen LogP contribution in [-0.4, -0.2) is 7.05 Å². The van der Waals surface area contributed by atoms with E-state index in [0.29, 0.717) is 6.04 Å². The van der Waals surface area contributed by atoms with Crippen LogP contribution in [0.5, 0.6) is 0 Å². The minimum Gasteiger partial charge on any atom is -0.459 e. The summed E-state index contributed by atoms with van der Waals surface area (Å²) in [4.78, 5) is 0. The van der Waals surface area contributed by atoms with Crippen molar-refractivity contribution >= 4 is 22.6 Å². The fourth-order valence-corrected chi connectivity index (χ4v) is 2.78. The summed E-state index contributed by atoms with van der Waals surface area (Å²) in [7, 11) is 2.00. The Morgan fingerprint density at radius 2 is 2.12 bits per heavy atom. The number of hydrogen-bond donors (Lipinski definition) is 1. The van der Waals surface area contributed by atoms with E-state index in [1.54, 1.807) is 0 Å². The van der Waals surface area contributed by atoms with Gasteiger partial charge in [-0.25, -0.2) is 0 Å². The Hall–Kier alpha value is -0.990. The highest BCUT2D eigenvalue weighted by Gasteiger charge is 2.33. The lowest BCUT2D eigenvalue weighted by Crippen LogP contribution is -2.17. The third-order valence-corrected chi connectivity index (χ3v) is 3.71. The van der Waals surface area contributed by atoms with Gasteiger partial charge in [-0.05, 0) is 56.5 Å². The Morgan fingerprint density at radius 1 is 1.35 bits per heavy atom. The van der Waals surface area contributed by atoms with E-state index in [1.165, 1.54) is 12.8 Å². The van der Waals surface area contributed by atoms with E-state index in [2.05, 4.69) is 11.4 Å². The summed E-state index contributed by atoms with van der Waals surface area (Å²) < 4.78 is 5.99. The zero-order chi connectivity index (χ0) is 12.0. The molecule has 1 aliphatic rings. The summed E-state index contributed by atoms with van der Waals surface area (Å²) in [6, 6.07) is 6.38. The van der Waals surface area contributed by atoms with E-state index in [9.17, 15) is 0 Å². The molecule has 1 atom stereocenters. The van der Waals surface area contributed by atoms with Crippen molar-refractivity contribution in [1.29, 1.82) is 0 Å². The highest BCUT2D eigenvalue weighted by molar-refractivity contribution is 6.31. The van der Waals surface area contributed by atoms with Crippen molar-refractivity contribution in [3.05, 3.63) is 34.5 Å². The number of hydrogen-bond acceptors (Lipinski definition) is 2. The number of fused-ring (bicyclic) bond motifs is 1. The van der Waals surface area contributed by atoms with E-state index in [-0.39, 0.29) is 0 Å². The highest BCUT2D eigenvalue weighted by Crippen LogP contribution is 2.42. The minimum atomic E-state index is 0.348. The predicted molar refractivity (Wildman–Crippen MR) is 70.5 cm³/mol. The molecule has 0 spiro atoms. The van der Waals surface area contributed by atoms with Crippen LogP contribution in [0, 0.1) is 12.8 Å². The molecule has 1 aromatic carbocycles. The van der Waals surface area contributed by atoms with Crippen molar-refractivity contribution in [2.75, 3.05) is 7.05 Å². The molecule has 1 heterocycles. The molecule has 1 saturated carbocycles. The summed E-state index contributed by atoms with van der Waals surface area (Å²) in [5.41, 5.74) is 2.06. The summed E-state index contributed by atoms with van der Waals surface area (Å²) in [5, 5.41) is 5.22. The second-order valence-corrected chi connectivity index (χ2v) is 5.33. The van der Waals surface area contributed by atoms with Crippen molar-refractivity contribution in [2.45, 2.75) is 25.8 Å². The molecular formula is C14H16ClNO. The van der Waals surface area contributed by atoms with E-state index in [0.717, 1.165) is 33.2 Å². The van der Waals surface area contributed by atoms with E-state index < -0.39 is 0 Å².